The van der Waals surface area contributed by atoms with Crippen LogP contribution in [0.5, 0.6) is 0 Å². The van der Waals surface area contributed by atoms with Crippen molar-refractivity contribution in [1.29, 1.82) is 0 Å². The number of esters is 1. The van der Waals surface area contributed by atoms with Gasteiger partial charge in [-0.25, -0.2) is 0 Å². The van der Waals surface area contributed by atoms with Gasteiger partial charge in [-0.1, -0.05) is 365 Å². The maximum atomic E-state index is 12.5. The Hall–Kier alpha value is -1.92. The second-order valence-corrected chi connectivity index (χ2v) is 26.3. The molecule has 0 aromatic heterocycles. The summed E-state index contributed by atoms with van der Waals surface area (Å²) >= 11 is 0. The van der Waals surface area contributed by atoms with Crippen molar-refractivity contribution < 1.29 is 24.5 Å². The summed E-state index contributed by atoms with van der Waals surface area (Å²) in [6.07, 6.45) is 95.3. The second kappa shape index (κ2) is 73.5. The number of amides is 1. The Morgan fingerprint density at radius 2 is 0.560 bits per heavy atom. The Morgan fingerprint density at radius 1 is 0.321 bits per heavy atom. The van der Waals surface area contributed by atoms with Crippen LogP contribution in [0, 0.1) is 0 Å². The SMILES string of the molecule is CCCCCCCCC/C=C\CCCCCCCCCC(=O)OCCCCCCCCCCCCCC/C=C\CCCCCCCCCCCC(=O)NC(CO)C(O)/C=C/CCCCCCCCCCCCCCCCCCCCCCCC. The Kier molecular flexibility index (Phi) is 71.9. The first-order valence-corrected chi connectivity index (χ1v) is 38.3. The topological polar surface area (TPSA) is 95.9 Å². The number of carbonyl (C=O) groups excluding carboxylic acids is 2. The van der Waals surface area contributed by atoms with Crippen LogP contribution in [0.3, 0.4) is 0 Å². The van der Waals surface area contributed by atoms with E-state index in [2.05, 4.69) is 43.5 Å². The Labute approximate surface area is 525 Å². The number of allylic oxidation sites excluding steroid dienone is 5. The average Bonchev–Trinajstić information content (AvgIpc) is 3.53. The van der Waals surface area contributed by atoms with E-state index in [1.54, 1.807) is 6.08 Å². The van der Waals surface area contributed by atoms with E-state index >= 15 is 0 Å². The zero-order chi connectivity index (χ0) is 60.6. The van der Waals surface area contributed by atoms with E-state index in [0.717, 1.165) is 44.9 Å². The van der Waals surface area contributed by atoms with E-state index in [1.807, 2.05) is 6.08 Å². The molecule has 2 unspecified atom stereocenters. The lowest BCUT2D eigenvalue weighted by Crippen LogP contribution is -2.45. The van der Waals surface area contributed by atoms with Gasteiger partial charge in [0.25, 0.3) is 0 Å². The molecule has 0 aliphatic rings. The highest BCUT2D eigenvalue weighted by Gasteiger charge is 2.18. The van der Waals surface area contributed by atoms with Crippen LogP contribution in [0.4, 0.5) is 0 Å². The molecule has 0 aromatic carbocycles. The van der Waals surface area contributed by atoms with E-state index in [-0.39, 0.29) is 18.5 Å². The maximum Gasteiger partial charge on any atom is 0.305 e. The summed E-state index contributed by atoms with van der Waals surface area (Å²) in [4.78, 5) is 24.7. The standard InChI is InChI=1S/C78H149NO5/c1-3-5-7-9-11-13-15-17-19-21-23-24-25-29-32-35-38-42-46-50-54-58-62-66-70-76(81)75(74-80)79-77(82)71-67-63-59-55-51-47-43-39-36-33-30-27-26-28-31-34-37-41-45-49-53-57-61-65-69-73-84-78(83)72-68-64-60-56-52-48-44-40-22-20-18-16-14-12-10-8-6-4-2/h20,22,27,30,66,70,75-76,80-81H,3-19,21,23-26,28-29,31-65,67-69,71-74H2,1-2H3,(H,79,82)/b22-20-,30-27-,70-66+. The molecule has 0 radical (unpaired) electrons. The molecular formula is C78H149NO5. The van der Waals surface area contributed by atoms with Crippen molar-refractivity contribution in [3.8, 4) is 0 Å². The van der Waals surface area contributed by atoms with Crippen LogP contribution >= 0.6 is 0 Å². The molecule has 1 amide bonds. The van der Waals surface area contributed by atoms with Gasteiger partial charge in [0.15, 0.2) is 0 Å². The minimum atomic E-state index is -0.848. The molecule has 3 N–H and O–H groups in total. The molecule has 0 aliphatic heterocycles. The third-order valence-corrected chi connectivity index (χ3v) is 17.9. The van der Waals surface area contributed by atoms with E-state index in [1.165, 1.54) is 353 Å². The highest BCUT2D eigenvalue weighted by molar-refractivity contribution is 5.76. The molecule has 6 nitrogen and oxygen atoms in total. The summed E-state index contributed by atoms with van der Waals surface area (Å²) in [5.41, 5.74) is 0. The fourth-order valence-corrected chi connectivity index (χ4v) is 12.0. The van der Waals surface area contributed by atoms with Gasteiger partial charge in [0.1, 0.15) is 0 Å². The molecule has 0 rings (SSSR count). The van der Waals surface area contributed by atoms with Crippen molar-refractivity contribution in [3.63, 3.8) is 0 Å². The summed E-state index contributed by atoms with van der Waals surface area (Å²) in [5, 5.41) is 23.3. The highest BCUT2D eigenvalue weighted by atomic mass is 16.5. The third kappa shape index (κ3) is 69.2. The predicted molar refractivity (Wildman–Crippen MR) is 370 cm³/mol. The zero-order valence-electron chi connectivity index (χ0n) is 56.9. The first-order chi connectivity index (χ1) is 41.5. The van der Waals surface area contributed by atoms with Crippen LogP contribution in [0.15, 0.2) is 36.5 Å². The smallest absolute Gasteiger partial charge is 0.305 e. The van der Waals surface area contributed by atoms with Gasteiger partial charge in [-0.2, -0.15) is 0 Å². The lowest BCUT2D eigenvalue weighted by atomic mass is 10.0. The van der Waals surface area contributed by atoms with Gasteiger partial charge < -0.3 is 20.3 Å². The van der Waals surface area contributed by atoms with Crippen LogP contribution < -0.4 is 5.32 Å². The molecular weight excluding hydrogens is 1030 g/mol. The summed E-state index contributed by atoms with van der Waals surface area (Å²) in [6.45, 7) is 4.94. The number of aliphatic hydroxyl groups excluding tert-OH is 2. The predicted octanol–water partition coefficient (Wildman–Crippen LogP) is 25.0. The molecule has 0 aliphatic carbocycles. The normalized spacial score (nSPS) is 12.7. The van der Waals surface area contributed by atoms with E-state index in [0.29, 0.717) is 19.4 Å². The number of unbranched alkanes of at least 4 members (excludes halogenated alkanes) is 57. The molecule has 84 heavy (non-hydrogen) atoms. The van der Waals surface area contributed by atoms with E-state index in [9.17, 15) is 19.8 Å². The van der Waals surface area contributed by atoms with Crippen molar-refractivity contribution >= 4 is 11.9 Å². The Morgan fingerprint density at radius 3 is 0.845 bits per heavy atom. The molecule has 0 saturated carbocycles. The minimum Gasteiger partial charge on any atom is -0.466 e. The largest absolute Gasteiger partial charge is 0.466 e. The Balaban J connectivity index is 3.41. The van der Waals surface area contributed by atoms with Crippen molar-refractivity contribution in [2.75, 3.05) is 13.2 Å². The number of hydrogen-bond donors (Lipinski definition) is 3. The summed E-state index contributed by atoms with van der Waals surface area (Å²) < 4.78 is 5.51. The quantitative estimate of drug-likeness (QED) is 0.0320. The lowest BCUT2D eigenvalue weighted by Gasteiger charge is -2.20. The monoisotopic (exact) mass is 1180 g/mol. The first-order valence-electron chi connectivity index (χ1n) is 38.3. The van der Waals surface area contributed by atoms with Gasteiger partial charge in [0.2, 0.25) is 5.91 Å². The molecule has 2 atom stereocenters. The summed E-state index contributed by atoms with van der Waals surface area (Å²) in [6, 6.07) is -0.632. The van der Waals surface area contributed by atoms with Crippen LogP contribution in [0.25, 0.3) is 0 Å². The molecule has 0 spiro atoms. The summed E-state index contributed by atoms with van der Waals surface area (Å²) in [7, 11) is 0. The number of rotatable bonds is 72. The van der Waals surface area contributed by atoms with Crippen LogP contribution in [-0.2, 0) is 14.3 Å². The van der Waals surface area contributed by atoms with Crippen molar-refractivity contribution in [2.24, 2.45) is 0 Å². The van der Waals surface area contributed by atoms with Gasteiger partial charge in [0.05, 0.1) is 25.4 Å². The fourth-order valence-electron chi connectivity index (χ4n) is 12.0. The average molecular weight is 1180 g/mol. The number of nitrogens with one attached hydrogen (secondary N) is 1. The molecule has 0 fully saturated rings. The molecule has 0 bridgehead atoms. The fraction of sp³-hybridized carbons (Fsp3) is 0.897. The highest BCUT2D eigenvalue weighted by Crippen LogP contribution is 2.19. The van der Waals surface area contributed by atoms with Gasteiger partial charge in [-0.15, -0.1) is 0 Å². The molecule has 0 heterocycles. The Bertz CT molecular complexity index is 1360. The first kappa shape index (κ1) is 82.1. The van der Waals surface area contributed by atoms with Gasteiger partial charge in [0, 0.05) is 12.8 Å². The summed E-state index contributed by atoms with van der Waals surface area (Å²) in [5.74, 6) is -0.0557. The zero-order valence-corrected chi connectivity index (χ0v) is 56.9. The number of hydrogen-bond acceptors (Lipinski definition) is 5. The number of carbonyl (C=O) groups is 2. The molecule has 6 heteroatoms. The van der Waals surface area contributed by atoms with E-state index < -0.39 is 12.1 Å². The van der Waals surface area contributed by atoms with Crippen LogP contribution in [0.2, 0.25) is 0 Å². The minimum absolute atomic E-state index is 0.0110. The lowest BCUT2D eigenvalue weighted by molar-refractivity contribution is -0.143. The molecule has 0 saturated heterocycles. The van der Waals surface area contributed by atoms with Crippen molar-refractivity contribution in [2.45, 2.75) is 437 Å². The van der Waals surface area contributed by atoms with Crippen LogP contribution in [0.1, 0.15) is 425 Å². The van der Waals surface area contributed by atoms with Crippen molar-refractivity contribution in [3.05, 3.63) is 36.5 Å². The van der Waals surface area contributed by atoms with E-state index in [4.69, 9.17) is 4.74 Å². The van der Waals surface area contributed by atoms with Crippen molar-refractivity contribution in [1.82, 2.24) is 5.32 Å². The maximum absolute atomic E-state index is 12.5. The molecule has 0 aromatic rings. The number of ether oxygens (including phenoxy) is 1. The van der Waals surface area contributed by atoms with Crippen LogP contribution in [-0.4, -0.2) is 47.4 Å². The van der Waals surface area contributed by atoms with Gasteiger partial charge >= 0.3 is 5.97 Å². The molecule has 496 valence electrons. The second-order valence-electron chi connectivity index (χ2n) is 26.3. The third-order valence-electron chi connectivity index (χ3n) is 17.9. The van der Waals surface area contributed by atoms with Gasteiger partial charge in [-0.3, -0.25) is 9.59 Å². The van der Waals surface area contributed by atoms with Gasteiger partial charge in [-0.05, 0) is 83.5 Å². The number of aliphatic hydroxyl groups is 2.